The Bertz CT molecular complexity index is 643. The van der Waals surface area contributed by atoms with Gasteiger partial charge in [-0.2, -0.15) is 0 Å². The number of fused-ring (bicyclic) bond motifs is 1. The van der Waals surface area contributed by atoms with Gasteiger partial charge in [-0.05, 0) is 19.1 Å². The quantitative estimate of drug-likeness (QED) is 0.753. The number of H-pyrrole nitrogens is 1. The van der Waals surface area contributed by atoms with Crippen molar-refractivity contribution in [2.24, 2.45) is 5.73 Å². The van der Waals surface area contributed by atoms with E-state index in [1.54, 1.807) is 19.1 Å². The van der Waals surface area contributed by atoms with E-state index in [0.717, 1.165) is 0 Å². The number of carbonyl (C=O) groups is 1. The van der Waals surface area contributed by atoms with Gasteiger partial charge in [0.2, 0.25) is 0 Å². The summed E-state index contributed by atoms with van der Waals surface area (Å²) < 4.78 is 14.0. The van der Waals surface area contributed by atoms with Crippen molar-refractivity contribution >= 4 is 43.0 Å². The Hall–Kier alpha value is -1.16. The Morgan fingerprint density at radius 3 is 2.95 bits per heavy atom. The first-order valence-corrected chi connectivity index (χ1v) is 6.66. The first-order chi connectivity index (χ1) is 8.93. The number of hydrogen-bond acceptors (Lipinski definition) is 2. The zero-order valence-electron chi connectivity index (χ0n) is 10.3. The maximum Gasteiger partial charge on any atom is 0.267 e. The molecule has 0 spiro atoms. The fraction of sp³-hybridized carbons (Fsp3) is 0.250. The van der Waals surface area contributed by atoms with Crippen molar-refractivity contribution in [2.45, 2.75) is 13.0 Å². The van der Waals surface area contributed by atoms with Crippen molar-refractivity contribution in [1.82, 2.24) is 10.3 Å². The van der Waals surface area contributed by atoms with Gasteiger partial charge >= 0.3 is 0 Å². The Morgan fingerprint density at radius 2 is 2.32 bits per heavy atom. The highest BCUT2D eigenvalue weighted by molar-refractivity contribution is 7.28. The van der Waals surface area contributed by atoms with Gasteiger partial charge in [0.1, 0.15) is 5.69 Å². The Morgan fingerprint density at radius 1 is 1.63 bits per heavy atom. The summed E-state index contributed by atoms with van der Waals surface area (Å²) in [6.45, 7) is 2.13. The SMILES string of the molecule is C[C@@H](CN)NC(=O)c1cc2cc(Cl)c(P)c(F)c2[nH]1. The molecule has 0 bridgehead atoms. The highest BCUT2D eigenvalue weighted by Gasteiger charge is 2.16. The first-order valence-electron chi connectivity index (χ1n) is 5.71. The molecule has 2 aromatic rings. The maximum atomic E-state index is 14.0. The monoisotopic (exact) mass is 301 g/mol. The van der Waals surface area contributed by atoms with Crippen LogP contribution in [0, 0.1) is 5.82 Å². The molecule has 1 unspecified atom stereocenters. The van der Waals surface area contributed by atoms with Crippen LogP contribution in [-0.2, 0) is 0 Å². The van der Waals surface area contributed by atoms with Crippen LogP contribution in [0.2, 0.25) is 5.02 Å². The molecule has 7 heteroatoms. The van der Waals surface area contributed by atoms with E-state index >= 15 is 0 Å². The Balaban J connectivity index is 2.42. The number of aromatic nitrogens is 1. The second kappa shape index (κ2) is 5.45. The van der Waals surface area contributed by atoms with Crippen LogP contribution in [0.1, 0.15) is 17.4 Å². The molecule has 1 amide bonds. The summed E-state index contributed by atoms with van der Waals surface area (Å²) in [5.41, 5.74) is 5.97. The highest BCUT2D eigenvalue weighted by atomic mass is 35.5. The second-order valence-corrected chi connectivity index (χ2v) is 5.33. The van der Waals surface area contributed by atoms with Gasteiger partial charge in [-0.3, -0.25) is 4.79 Å². The molecule has 2 atom stereocenters. The second-order valence-electron chi connectivity index (χ2n) is 4.34. The molecule has 19 heavy (non-hydrogen) atoms. The lowest BCUT2D eigenvalue weighted by molar-refractivity contribution is 0.0937. The number of aromatic amines is 1. The van der Waals surface area contributed by atoms with E-state index in [2.05, 4.69) is 19.5 Å². The number of rotatable bonds is 3. The van der Waals surface area contributed by atoms with Gasteiger partial charge in [0.25, 0.3) is 5.91 Å². The molecule has 1 aromatic heterocycles. The van der Waals surface area contributed by atoms with Crippen molar-refractivity contribution in [3.8, 4) is 0 Å². The normalized spacial score (nSPS) is 12.7. The molecule has 4 nitrogen and oxygen atoms in total. The minimum atomic E-state index is -0.474. The molecule has 0 saturated heterocycles. The molecule has 1 aromatic carbocycles. The van der Waals surface area contributed by atoms with Crippen molar-refractivity contribution in [3.05, 3.63) is 28.7 Å². The van der Waals surface area contributed by atoms with Crippen molar-refractivity contribution < 1.29 is 9.18 Å². The molecule has 0 aliphatic rings. The molecular weight excluding hydrogens is 288 g/mol. The molecular formula is C12H14ClFN3OP. The summed E-state index contributed by atoms with van der Waals surface area (Å²) in [4.78, 5) is 14.7. The summed E-state index contributed by atoms with van der Waals surface area (Å²) in [6.07, 6.45) is 0. The number of carbonyl (C=O) groups excluding carboxylic acids is 1. The molecule has 4 N–H and O–H groups in total. The van der Waals surface area contributed by atoms with Crippen molar-refractivity contribution in [3.63, 3.8) is 0 Å². The number of nitrogens with two attached hydrogens (primary N) is 1. The van der Waals surface area contributed by atoms with E-state index in [1.807, 2.05) is 0 Å². The summed E-state index contributed by atoms with van der Waals surface area (Å²) in [5, 5.41) is 3.83. The van der Waals surface area contributed by atoms with Crippen LogP contribution in [0.4, 0.5) is 4.39 Å². The van der Waals surface area contributed by atoms with E-state index in [-0.39, 0.29) is 28.5 Å². The van der Waals surface area contributed by atoms with E-state index < -0.39 is 5.82 Å². The van der Waals surface area contributed by atoms with E-state index in [9.17, 15) is 9.18 Å². The van der Waals surface area contributed by atoms with E-state index in [0.29, 0.717) is 17.0 Å². The number of amides is 1. The van der Waals surface area contributed by atoms with Crippen LogP contribution in [0.3, 0.4) is 0 Å². The van der Waals surface area contributed by atoms with Crippen LogP contribution < -0.4 is 16.4 Å². The maximum absolute atomic E-state index is 14.0. The minimum absolute atomic E-state index is 0.148. The van der Waals surface area contributed by atoms with Crippen LogP contribution in [0.15, 0.2) is 12.1 Å². The van der Waals surface area contributed by atoms with E-state index in [1.165, 1.54) is 0 Å². The lowest BCUT2D eigenvalue weighted by Crippen LogP contribution is -2.37. The Kier molecular flexibility index (Phi) is 4.09. The zero-order valence-corrected chi connectivity index (χ0v) is 12.2. The lowest BCUT2D eigenvalue weighted by atomic mass is 10.2. The third-order valence-corrected chi connectivity index (χ3v) is 3.88. The van der Waals surface area contributed by atoms with Crippen LogP contribution in [-0.4, -0.2) is 23.5 Å². The third kappa shape index (κ3) is 2.73. The summed E-state index contributed by atoms with van der Waals surface area (Å²) in [7, 11) is 2.24. The first kappa shape index (κ1) is 14.3. The van der Waals surface area contributed by atoms with Crippen LogP contribution in [0.5, 0.6) is 0 Å². The van der Waals surface area contributed by atoms with Crippen LogP contribution in [0.25, 0.3) is 10.9 Å². The predicted octanol–water partition coefficient (Wildman–Crippen LogP) is 1.54. The summed E-state index contributed by atoms with van der Waals surface area (Å²) >= 11 is 5.90. The predicted molar refractivity (Wildman–Crippen MR) is 78.6 cm³/mol. The van der Waals surface area contributed by atoms with Crippen molar-refractivity contribution in [2.75, 3.05) is 6.54 Å². The van der Waals surface area contributed by atoms with Gasteiger partial charge in [-0.1, -0.05) is 11.6 Å². The molecule has 0 aliphatic carbocycles. The lowest BCUT2D eigenvalue weighted by Gasteiger charge is -2.09. The number of nitrogens with one attached hydrogen (secondary N) is 2. The molecule has 1 heterocycles. The smallest absolute Gasteiger partial charge is 0.267 e. The molecule has 102 valence electrons. The highest BCUT2D eigenvalue weighted by Crippen LogP contribution is 2.23. The zero-order chi connectivity index (χ0) is 14.2. The molecule has 0 aliphatic heterocycles. The van der Waals surface area contributed by atoms with Gasteiger partial charge in [-0.15, -0.1) is 9.24 Å². The molecule has 0 fully saturated rings. The molecule has 2 rings (SSSR count). The minimum Gasteiger partial charge on any atom is -0.348 e. The topological polar surface area (TPSA) is 70.9 Å². The van der Waals surface area contributed by atoms with E-state index in [4.69, 9.17) is 17.3 Å². The van der Waals surface area contributed by atoms with Gasteiger partial charge < -0.3 is 16.0 Å². The largest absolute Gasteiger partial charge is 0.348 e. The van der Waals surface area contributed by atoms with Crippen molar-refractivity contribution in [1.29, 1.82) is 0 Å². The van der Waals surface area contributed by atoms with Crippen LogP contribution >= 0.6 is 20.8 Å². The number of hydrogen-bond donors (Lipinski definition) is 3. The fourth-order valence-corrected chi connectivity index (χ4v) is 2.13. The standard InChI is InChI=1S/C12H14ClFN3OP/c1-5(4-15)16-12(18)8-3-6-2-7(13)11(19)9(14)10(6)17-8/h2-3,5,17H,4,15,19H2,1H3,(H,16,18)/t5-/m0/s1. The average molecular weight is 302 g/mol. The fourth-order valence-electron chi connectivity index (χ4n) is 1.70. The number of halogens is 2. The van der Waals surface area contributed by atoms with Gasteiger partial charge in [0.05, 0.1) is 10.5 Å². The van der Waals surface area contributed by atoms with Gasteiger partial charge in [0, 0.05) is 23.3 Å². The van der Waals surface area contributed by atoms with Gasteiger partial charge in [-0.25, -0.2) is 4.39 Å². The third-order valence-electron chi connectivity index (χ3n) is 2.82. The summed E-state index contributed by atoms with van der Waals surface area (Å²) in [6, 6.07) is 3.03. The van der Waals surface area contributed by atoms with Gasteiger partial charge in [0.15, 0.2) is 5.82 Å². The Labute approximate surface area is 117 Å². The summed E-state index contributed by atoms with van der Waals surface area (Å²) in [5.74, 6) is -0.798. The number of benzene rings is 1. The molecule has 0 radical (unpaired) electrons. The average Bonchev–Trinajstić information content (AvgIpc) is 2.80. The molecule has 0 saturated carbocycles.